The van der Waals surface area contributed by atoms with Crippen LogP contribution in [0, 0.1) is 0 Å². The van der Waals surface area contributed by atoms with E-state index < -0.39 is 12.1 Å². The number of carbonyl (C=O) groups excluding carboxylic acids is 2. The van der Waals surface area contributed by atoms with Crippen molar-refractivity contribution in [2.75, 3.05) is 13.4 Å². The van der Waals surface area contributed by atoms with Gasteiger partial charge in [0.25, 0.3) is 0 Å². The van der Waals surface area contributed by atoms with E-state index in [4.69, 9.17) is 14.2 Å². The van der Waals surface area contributed by atoms with Gasteiger partial charge in [-0.15, -0.1) is 0 Å². The number of nitrogens with zero attached hydrogens (tertiary/aromatic N) is 2. The van der Waals surface area contributed by atoms with Crippen LogP contribution in [0.4, 0.5) is 4.79 Å². The van der Waals surface area contributed by atoms with Gasteiger partial charge >= 0.3 is 6.09 Å². The van der Waals surface area contributed by atoms with Crippen molar-refractivity contribution in [3.63, 3.8) is 0 Å². The fraction of sp³-hybridized carbons (Fsp3) is 0.278. The monoisotopic (exact) mass is 355 g/mol. The van der Waals surface area contributed by atoms with Crippen LogP contribution in [0.15, 0.2) is 42.7 Å². The zero-order valence-corrected chi connectivity index (χ0v) is 13.9. The number of aromatic nitrogens is 1. The van der Waals surface area contributed by atoms with Crippen molar-refractivity contribution in [2.24, 2.45) is 0 Å². The summed E-state index contributed by atoms with van der Waals surface area (Å²) in [4.78, 5) is 29.9. The first kappa shape index (κ1) is 16.2. The number of rotatable bonds is 5. The van der Waals surface area contributed by atoms with Crippen molar-refractivity contribution >= 4 is 12.0 Å². The van der Waals surface area contributed by atoms with Gasteiger partial charge in [0.1, 0.15) is 12.6 Å². The molecule has 26 heavy (non-hydrogen) atoms. The Bertz CT molecular complexity index is 827. The maximum absolute atomic E-state index is 12.5. The molecule has 0 radical (unpaired) electrons. The Hall–Kier alpha value is -3.29. The molecule has 8 nitrogen and oxygen atoms in total. The minimum Gasteiger partial charge on any atom is -0.454 e. The predicted molar refractivity (Wildman–Crippen MR) is 89.3 cm³/mol. The first-order valence-electron chi connectivity index (χ1n) is 8.19. The van der Waals surface area contributed by atoms with E-state index in [9.17, 15) is 9.59 Å². The number of carbonyl (C=O) groups is 2. The molecule has 3 heterocycles. The fourth-order valence-corrected chi connectivity index (χ4v) is 2.89. The second-order valence-corrected chi connectivity index (χ2v) is 5.99. The lowest BCUT2D eigenvalue weighted by atomic mass is 10.2. The average molecular weight is 355 g/mol. The summed E-state index contributed by atoms with van der Waals surface area (Å²) in [5.74, 6) is 1.09. The highest BCUT2D eigenvalue weighted by Crippen LogP contribution is 2.32. The van der Waals surface area contributed by atoms with Gasteiger partial charge in [0.15, 0.2) is 11.5 Å². The quantitative estimate of drug-likeness (QED) is 0.873. The number of hydrogen-bond acceptors (Lipinski definition) is 6. The third kappa shape index (κ3) is 3.26. The van der Waals surface area contributed by atoms with Crippen molar-refractivity contribution in [2.45, 2.75) is 19.1 Å². The number of ether oxygens (including phenoxy) is 3. The third-order valence-corrected chi connectivity index (χ3v) is 4.26. The lowest BCUT2D eigenvalue weighted by molar-refractivity contribution is -0.125. The maximum Gasteiger partial charge on any atom is 0.410 e. The van der Waals surface area contributed by atoms with Crippen LogP contribution in [0.1, 0.15) is 11.1 Å². The highest BCUT2D eigenvalue weighted by Gasteiger charge is 2.37. The normalized spacial score (nSPS) is 17.9. The smallest absolute Gasteiger partial charge is 0.410 e. The summed E-state index contributed by atoms with van der Waals surface area (Å²) in [5.41, 5.74) is 1.71. The highest BCUT2D eigenvalue weighted by molar-refractivity contribution is 5.87. The first-order chi connectivity index (χ1) is 12.7. The summed E-state index contributed by atoms with van der Waals surface area (Å²) in [6, 6.07) is 8.45. The Kier molecular flexibility index (Phi) is 4.30. The molecule has 4 rings (SSSR count). The first-order valence-corrected chi connectivity index (χ1v) is 8.19. The number of hydrogen-bond donors (Lipinski definition) is 1. The maximum atomic E-state index is 12.5. The van der Waals surface area contributed by atoms with Crippen LogP contribution >= 0.6 is 0 Å². The molecule has 1 aromatic carbocycles. The minimum absolute atomic E-state index is 0.0338. The lowest BCUT2D eigenvalue weighted by Gasteiger charge is -2.20. The molecule has 1 saturated heterocycles. The predicted octanol–water partition coefficient (Wildman–Crippen LogP) is 1.45. The average Bonchev–Trinajstić information content (AvgIpc) is 3.27. The summed E-state index contributed by atoms with van der Waals surface area (Å²) in [7, 11) is 0. The number of fused-ring (bicyclic) bond motifs is 1. The van der Waals surface area contributed by atoms with Crippen LogP contribution in [0.3, 0.4) is 0 Å². The molecule has 0 spiro atoms. The molecule has 134 valence electrons. The van der Waals surface area contributed by atoms with Gasteiger partial charge in [-0.1, -0.05) is 12.1 Å². The molecule has 1 aromatic heterocycles. The molecule has 2 aliphatic heterocycles. The Labute approximate surface area is 149 Å². The Morgan fingerprint density at radius 2 is 2.08 bits per heavy atom. The van der Waals surface area contributed by atoms with Crippen molar-refractivity contribution < 1.29 is 23.8 Å². The molecule has 0 saturated carbocycles. The summed E-state index contributed by atoms with van der Waals surface area (Å²) in [6.45, 7) is 0.831. The van der Waals surface area contributed by atoms with Crippen LogP contribution in [0.5, 0.6) is 11.5 Å². The van der Waals surface area contributed by atoms with Gasteiger partial charge in [0, 0.05) is 18.9 Å². The minimum atomic E-state index is -0.670. The molecule has 0 bridgehead atoms. The largest absolute Gasteiger partial charge is 0.454 e. The third-order valence-electron chi connectivity index (χ3n) is 4.26. The molecule has 2 aromatic rings. The van der Waals surface area contributed by atoms with E-state index in [0.29, 0.717) is 18.0 Å². The topological polar surface area (TPSA) is 90.0 Å². The highest BCUT2D eigenvalue weighted by atomic mass is 16.7. The van der Waals surface area contributed by atoms with Crippen LogP contribution in [-0.2, 0) is 22.6 Å². The SMILES string of the molecule is O=C(NCc1ccc2c(c1)OCO2)[C@@H]1COC(=O)N1Cc1cccnc1. The van der Waals surface area contributed by atoms with Crippen LogP contribution in [0.25, 0.3) is 0 Å². The Morgan fingerprint density at radius 3 is 2.92 bits per heavy atom. The van der Waals surface area contributed by atoms with Crippen molar-refractivity contribution in [3.8, 4) is 11.5 Å². The fourth-order valence-electron chi connectivity index (χ4n) is 2.89. The summed E-state index contributed by atoms with van der Waals surface area (Å²) in [5, 5.41) is 2.84. The van der Waals surface area contributed by atoms with E-state index in [1.165, 1.54) is 4.90 Å². The van der Waals surface area contributed by atoms with Crippen molar-refractivity contribution in [1.82, 2.24) is 15.2 Å². The number of cyclic esters (lactones) is 1. The van der Waals surface area contributed by atoms with E-state index in [2.05, 4.69) is 10.3 Å². The lowest BCUT2D eigenvalue weighted by Crippen LogP contribution is -2.45. The molecular weight excluding hydrogens is 338 g/mol. The number of benzene rings is 1. The Morgan fingerprint density at radius 1 is 1.19 bits per heavy atom. The summed E-state index contributed by atoms with van der Waals surface area (Å²) < 4.78 is 15.7. The van der Waals surface area contributed by atoms with E-state index in [1.807, 2.05) is 18.2 Å². The number of pyridine rings is 1. The number of amides is 2. The molecule has 0 aliphatic carbocycles. The van der Waals surface area contributed by atoms with Crippen LogP contribution in [-0.4, -0.2) is 41.3 Å². The summed E-state index contributed by atoms with van der Waals surface area (Å²) in [6.07, 6.45) is 2.81. The van der Waals surface area contributed by atoms with E-state index in [1.54, 1.807) is 24.5 Å². The molecule has 1 N–H and O–H groups in total. The second-order valence-electron chi connectivity index (χ2n) is 5.99. The van der Waals surface area contributed by atoms with Crippen LogP contribution in [0.2, 0.25) is 0 Å². The molecule has 8 heteroatoms. The van der Waals surface area contributed by atoms with E-state index in [-0.39, 0.29) is 25.9 Å². The van der Waals surface area contributed by atoms with E-state index in [0.717, 1.165) is 11.1 Å². The van der Waals surface area contributed by atoms with Gasteiger partial charge in [-0.3, -0.25) is 14.7 Å². The van der Waals surface area contributed by atoms with Gasteiger partial charge in [-0.2, -0.15) is 0 Å². The second kappa shape index (κ2) is 6.91. The molecule has 1 atom stereocenters. The van der Waals surface area contributed by atoms with Crippen molar-refractivity contribution in [3.05, 3.63) is 53.9 Å². The molecule has 0 unspecified atom stereocenters. The van der Waals surface area contributed by atoms with Crippen LogP contribution < -0.4 is 14.8 Å². The van der Waals surface area contributed by atoms with Crippen molar-refractivity contribution in [1.29, 1.82) is 0 Å². The van der Waals surface area contributed by atoms with Gasteiger partial charge in [0.05, 0.1) is 6.54 Å². The molecular formula is C18H17N3O5. The van der Waals surface area contributed by atoms with E-state index >= 15 is 0 Å². The van der Waals surface area contributed by atoms with Gasteiger partial charge in [-0.25, -0.2) is 4.79 Å². The zero-order valence-electron chi connectivity index (χ0n) is 13.9. The van der Waals surface area contributed by atoms with Gasteiger partial charge in [-0.05, 0) is 29.3 Å². The van der Waals surface area contributed by atoms with Gasteiger partial charge < -0.3 is 19.5 Å². The molecule has 2 aliphatic rings. The molecule has 2 amide bonds. The Balaban J connectivity index is 1.39. The zero-order chi connectivity index (χ0) is 17.9. The molecule has 1 fully saturated rings. The summed E-state index contributed by atoms with van der Waals surface area (Å²) >= 11 is 0. The van der Waals surface area contributed by atoms with Gasteiger partial charge in [0.2, 0.25) is 12.7 Å². The number of nitrogens with one attached hydrogen (secondary N) is 1. The standard InChI is InChI=1S/C18H17N3O5/c22-17(20-8-12-3-4-15-16(6-12)26-11-25-15)14-10-24-18(23)21(14)9-13-2-1-5-19-7-13/h1-7,14H,8-11H2,(H,20,22)/t14-/m0/s1.